The molecule has 7 nitrogen and oxygen atoms in total. The lowest BCUT2D eigenvalue weighted by atomic mass is 10.2. The van der Waals surface area contributed by atoms with Crippen molar-refractivity contribution < 1.29 is 14.3 Å². The summed E-state index contributed by atoms with van der Waals surface area (Å²) in [6.07, 6.45) is -0.418. The van der Waals surface area contributed by atoms with Gasteiger partial charge in [0.1, 0.15) is 5.60 Å². The van der Waals surface area contributed by atoms with Crippen molar-refractivity contribution in [2.45, 2.75) is 33.3 Å². The first kappa shape index (κ1) is 22.5. The maximum Gasteiger partial charge on any atom is 0.407 e. The van der Waals surface area contributed by atoms with Gasteiger partial charge in [-0.2, -0.15) is 0 Å². The Kier molecular flexibility index (Phi) is 13.9. The van der Waals surface area contributed by atoms with E-state index in [4.69, 9.17) is 9.47 Å². The molecule has 0 aromatic heterocycles. The third-order valence-corrected chi connectivity index (χ3v) is 2.05. The van der Waals surface area contributed by atoms with Gasteiger partial charge < -0.3 is 25.4 Å². The van der Waals surface area contributed by atoms with E-state index in [1.165, 1.54) is 0 Å². The Hall–Kier alpha value is -0.770. The van der Waals surface area contributed by atoms with Gasteiger partial charge in [0.15, 0.2) is 5.96 Å². The second-order valence-electron chi connectivity index (χ2n) is 5.05. The molecule has 3 N–H and O–H groups in total. The number of nitrogens with one attached hydrogen (secondary N) is 3. The van der Waals surface area contributed by atoms with Crippen molar-refractivity contribution in [2.24, 2.45) is 4.99 Å². The van der Waals surface area contributed by atoms with Gasteiger partial charge in [-0.05, 0) is 27.7 Å². The van der Waals surface area contributed by atoms with Crippen LogP contribution in [0.5, 0.6) is 0 Å². The summed E-state index contributed by atoms with van der Waals surface area (Å²) in [6.45, 7) is 10.5. The lowest BCUT2D eigenvalue weighted by molar-refractivity contribution is 0.0529. The first-order valence-electron chi connectivity index (χ1n) is 6.88. The summed E-state index contributed by atoms with van der Waals surface area (Å²) in [7, 11) is 1.69. The summed E-state index contributed by atoms with van der Waals surface area (Å²) in [4.78, 5) is 15.5. The molecule has 0 bridgehead atoms. The van der Waals surface area contributed by atoms with Crippen LogP contribution in [-0.4, -0.2) is 57.5 Å². The monoisotopic (exact) mass is 416 g/mol. The first-order valence-corrected chi connectivity index (χ1v) is 6.88. The fourth-order valence-corrected chi connectivity index (χ4v) is 1.27. The van der Waals surface area contributed by atoms with Crippen LogP contribution in [-0.2, 0) is 9.47 Å². The highest BCUT2D eigenvalue weighted by atomic mass is 127. The summed E-state index contributed by atoms with van der Waals surface area (Å²) in [5, 5.41) is 8.84. The van der Waals surface area contributed by atoms with Crippen molar-refractivity contribution >= 4 is 36.0 Å². The molecule has 0 aromatic carbocycles. The standard InChI is InChI=1S/C13H28N4O3.HI/c1-6-19-10-9-16-11(14-5)15-7-8-17-12(18)20-13(2,3)4;/h6-10H2,1-5H3,(H,17,18)(H2,14,15,16);1H. The van der Waals surface area contributed by atoms with Gasteiger partial charge in [0.05, 0.1) is 6.61 Å². The van der Waals surface area contributed by atoms with Crippen LogP contribution in [0.2, 0.25) is 0 Å². The van der Waals surface area contributed by atoms with Crippen molar-refractivity contribution in [1.29, 1.82) is 0 Å². The van der Waals surface area contributed by atoms with Crippen LogP contribution in [0.4, 0.5) is 4.79 Å². The third-order valence-electron chi connectivity index (χ3n) is 2.05. The van der Waals surface area contributed by atoms with Crippen molar-refractivity contribution in [3.63, 3.8) is 0 Å². The number of halogens is 1. The molecule has 8 heteroatoms. The molecule has 0 rings (SSSR count). The number of hydrogen-bond donors (Lipinski definition) is 3. The Morgan fingerprint density at radius 3 is 2.19 bits per heavy atom. The number of carbonyl (C=O) groups is 1. The zero-order valence-corrected chi connectivity index (χ0v) is 15.9. The minimum Gasteiger partial charge on any atom is -0.444 e. The molecule has 0 heterocycles. The number of rotatable bonds is 7. The van der Waals surface area contributed by atoms with Crippen LogP contribution in [0, 0.1) is 0 Å². The van der Waals surface area contributed by atoms with E-state index in [1.54, 1.807) is 7.05 Å². The summed E-state index contributed by atoms with van der Waals surface area (Å²) >= 11 is 0. The van der Waals surface area contributed by atoms with Crippen LogP contribution < -0.4 is 16.0 Å². The van der Waals surface area contributed by atoms with Crippen molar-refractivity contribution in [3.05, 3.63) is 0 Å². The predicted octanol–water partition coefficient (Wildman–Crippen LogP) is 1.33. The molecule has 0 aromatic rings. The normalized spacial score (nSPS) is 11.4. The van der Waals surface area contributed by atoms with Gasteiger partial charge in [0, 0.05) is 33.3 Å². The van der Waals surface area contributed by atoms with E-state index in [9.17, 15) is 4.79 Å². The quantitative estimate of drug-likeness (QED) is 0.253. The molecule has 0 aliphatic heterocycles. The molecule has 0 spiro atoms. The Labute approximate surface area is 144 Å². The molecule has 0 saturated heterocycles. The molecule has 0 aliphatic carbocycles. The fourth-order valence-electron chi connectivity index (χ4n) is 1.27. The second-order valence-corrected chi connectivity index (χ2v) is 5.05. The Morgan fingerprint density at radius 2 is 1.67 bits per heavy atom. The van der Waals surface area contributed by atoms with Crippen LogP contribution in [0.1, 0.15) is 27.7 Å². The maximum absolute atomic E-state index is 11.4. The van der Waals surface area contributed by atoms with Crippen molar-refractivity contribution in [3.8, 4) is 0 Å². The number of aliphatic imine (C=N–C) groups is 1. The Morgan fingerprint density at radius 1 is 1.10 bits per heavy atom. The Balaban J connectivity index is 0. The van der Waals surface area contributed by atoms with Gasteiger partial charge in [0.2, 0.25) is 0 Å². The van der Waals surface area contributed by atoms with Gasteiger partial charge in [-0.1, -0.05) is 0 Å². The largest absolute Gasteiger partial charge is 0.444 e. The van der Waals surface area contributed by atoms with Gasteiger partial charge >= 0.3 is 6.09 Å². The van der Waals surface area contributed by atoms with Crippen molar-refractivity contribution in [2.75, 3.05) is 39.9 Å². The molecular formula is C13H29IN4O3. The lowest BCUT2D eigenvalue weighted by Crippen LogP contribution is -2.43. The van der Waals surface area contributed by atoms with E-state index in [0.717, 1.165) is 0 Å². The summed E-state index contributed by atoms with van der Waals surface area (Å²) in [6, 6.07) is 0. The van der Waals surface area contributed by atoms with E-state index in [-0.39, 0.29) is 24.0 Å². The van der Waals surface area contributed by atoms with E-state index in [0.29, 0.717) is 38.8 Å². The number of carbonyl (C=O) groups excluding carboxylic acids is 1. The Bertz CT molecular complexity index is 306. The third kappa shape index (κ3) is 15.4. The molecule has 0 saturated carbocycles. The number of amides is 1. The van der Waals surface area contributed by atoms with Crippen LogP contribution in [0.15, 0.2) is 4.99 Å². The molecular weight excluding hydrogens is 387 g/mol. The molecule has 0 atom stereocenters. The SMILES string of the molecule is CCOCCNC(=NC)NCCNC(=O)OC(C)(C)C.I. The molecule has 126 valence electrons. The van der Waals surface area contributed by atoms with Crippen molar-refractivity contribution in [1.82, 2.24) is 16.0 Å². The smallest absolute Gasteiger partial charge is 0.407 e. The molecule has 1 amide bonds. The van der Waals surface area contributed by atoms with E-state index in [2.05, 4.69) is 20.9 Å². The van der Waals surface area contributed by atoms with Crippen LogP contribution >= 0.6 is 24.0 Å². The average molecular weight is 416 g/mol. The van der Waals surface area contributed by atoms with E-state index >= 15 is 0 Å². The molecule has 0 radical (unpaired) electrons. The predicted molar refractivity (Wildman–Crippen MR) is 95.5 cm³/mol. The van der Waals surface area contributed by atoms with Gasteiger partial charge in [0.25, 0.3) is 0 Å². The topological polar surface area (TPSA) is 84.0 Å². The fraction of sp³-hybridized carbons (Fsp3) is 0.846. The average Bonchev–Trinajstić information content (AvgIpc) is 2.34. The molecule has 0 aliphatic rings. The molecule has 0 fully saturated rings. The molecule has 21 heavy (non-hydrogen) atoms. The zero-order valence-electron chi connectivity index (χ0n) is 13.6. The molecule has 0 unspecified atom stereocenters. The number of ether oxygens (including phenoxy) is 2. The summed E-state index contributed by atoms with van der Waals surface area (Å²) < 4.78 is 10.3. The lowest BCUT2D eigenvalue weighted by Gasteiger charge is -2.19. The number of guanidine groups is 1. The zero-order chi connectivity index (χ0) is 15.4. The highest BCUT2D eigenvalue weighted by molar-refractivity contribution is 14.0. The highest BCUT2D eigenvalue weighted by Crippen LogP contribution is 2.05. The van der Waals surface area contributed by atoms with E-state index in [1.807, 2.05) is 27.7 Å². The van der Waals surface area contributed by atoms with Crippen LogP contribution in [0.3, 0.4) is 0 Å². The number of hydrogen-bond acceptors (Lipinski definition) is 4. The second kappa shape index (κ2) is 12.9. The first-order chi connectivity index (χ1) is 9.39. The summed E-state index contributed by atoms with van der Waals surface area (Å²) in [5.74, 6) is 0.677. The number of alkyl carbamates (subject to hydrolysis) is 1. The summed E-state index contributed by atoms with van der Waals surface area (Å²) in [5.41, 5.74) is -0.478. The minimum absolute atomic E-state index is 0. The van der Waals surface area contributed by atoms with Crippen LogP contribution in [0.25, 0.3) is 0 Å². The van der Waals surface area contributed by atoms with Gasteiger partial charge in [-0.3, -0.25) is 4.99 Å². The minimum atomic E-state index is -0.478. The van der Waals surface area contributed by atoms with Gasteiger partial charge in [-0.25, -0.2) is 4.79 Å². The number of nitrogens with zero attached hydrogens (tertiary/aromatic N) is 1. The van der Waals surface area contributed by atoms with E-state index < -0.39 is 11.7 Å². The highest BCUT2D eigenvalue weighted by Gasteiger charge is 2.15. The van der Waals surface area contributed by atoms with Gasteiger partial charge in [-0.15, -0.1) is 24.0 Å². The maximum atomic E-state index is 11.4.